The van der Waals surface area contributed by atoms with Gasteiger partial charge in [-0.1, -0.05) is 13.8 Å². The van der Waals surface area contributed by atoms with E-state index >= 15 is 0 Å². The fraction of sp³-hybridized carbons (Fsp3) is 0.900. The maximum absolute atomic E-state index is 5.78. The van der Waals surface area contributed by atoms with Gasteiger partial charge in [-0.3, -0.25) is 4.99 Å². The molecule has 0 aliphatic carbocycles. The summed E-state index contributed by atoms with van der Waals surface area (Å²) < 4.78 is 0. The van der Waals surface area contributed by atoms with Gasteiger partial charge >= 0.3 is 0 Å². The lowest BCUT2D eigenvalue weighted by molar-refractivity contribution is 0.329. The minimum Gasteiger partial charge on any atom is -0.370 e. The Hall–Kier alpha value is -0.730. The van der Waals surface area contributed by atoms with E-state index in [0.717, 1.165) is 13.0 Å². The third-order valence-electron chi connectivity index (χ3n) is 2.16. The van der Waals surface area contributed by atoms with Gasteiger partial charge in [0.2, 0.25) is 0 Å². The molecule has 3 heteroatoms. The van der Waals surface area contributed by atoms with Crippen molar-refractivity contribution >= 4 is 5.96 Å². The van der Waals surface area contributed by atoms with E-state index in [1.165, 1.54) is 0 Å². The molecule has 0 saturated carbocycles. The van der Waals surface area contributed by atoms with Gasteiger partial charge < -0.3 is 10.6 Å². The van der Waals surface area contributed by atoms with Gasteiger partial charge in [0.25, 0.3) is 0 Å². The SMILES string of the molecule is CCN=C(N)N(C)C(C)CC(C)C. The van der Waals surface area contributed by atoms with Gasteiger partial charge in [0.1, 0.15) is 0 Å². The van der Waals surface area contributed by atoms with E-state index in [0.29, 0.717) is 17.9 Å². The predicted molar refractivity (Wildman–Crippen MR) is 58.8 cm³/mol. The first-order chi connectivity index (χ1) is 5.99. The summed E-state index contributed by atoms with van der Waals surface area (Å²) in [6.45, 7) is 9.37. The molecule has 1 atom stereocenters. The second kappa shape index (κ2) is 5.84. The quantitative estimate of drug-likeness (QED) is 0.535. The number of nitrogens with zero attached hydrogens (tertiary/aromatic N) is 2. The Labute approximate surface area is 82.0 Å². The van der Waals surface area contributed by atoms with Gasteiger partial charge in [0.05, 0.1) is 0 Å². The first-order valence-electron chi connectivity index (χ1n) is 5.01. The van der Waals surface area contributed by atoms with E-state index in [1.807, 2.05) is 18.9 Å². The van der Waals surface area contributed by atoms with E-state index in [9.17, 15) is 0 Å². The molecule has 0 aromatic rings. The zero-order valence-corrected chi connectivity index (χ0v) is 9.54. The molecule has 0 aromatic carbocycles. The second-order valence-corrected chi connectivity index (χ2v) is 3.92. The average molecular weight is 185 g/mol. The standard InChI is InChI=1S/C10H23N3/c1-6-12-10(11)13(5)9(4)7-8(2)3/h8-9H,6-7H2,1-5H3,(H2,11,12). The number of hydrogen-bond donors (Lipinski definition) is 1. The van der Waals surface area contributed by atoms with E-state index in [4.69, 9.17) is 5.73 Å². The molecular formula is C10H23N3. The summed E-state index contributed by atoms with van der Waals surface area (Å²) in [6.07, 6.45) is 1.15. The molecule has 1 unspecified atom stereocenters. The summed E-state index contributed by atoms with van der Waals surface area (Å²) in [6, 6.07) is 0.468. The third kappa shape index (κ3) is 4.76. The summed E-state index contributed by atoms with van der Waals surface area (Å²) >= 11 is 0. The fourth-order valence-corrected chi connectivity index (χ4v) is 1.34. The van der Waals surface area contributed by atoms with Crippen LogP contribution >= 0.6 is 0 Å². The van der Waals surface area contributed by atoms with Crippen LogP contribution in [0.25, 0.3) is 0 Å². The number of rotatable bonds is 4. The highest BCUT2D eigenvalue weighted by Crippen LogP contribution is 2.08. The highest BCUT2D eigenvalue weighted by molar-refractivity contribution is 5.78. The maximum Gasteiger partial charge on any atom is 0.191 e. The molecule has 0 amide bonds. The molecule has 0 aliphatic heterocycles. The Balaban J connectivity index is 4.08. The number of guanidine groups is 1. The average Bonchev–Trinajstić information content (AvgIpc) is 2.02. The smallest absolute Gasteiger partial charge is 0.191 e. The van der Waals surface area contributed by atoms with Crippen LogP contribution in [-0.4, -0.2) is 30.5 Å². The summed E-state index contributed by atoms with van der Waals surface area (Å²) in [5, 5.41) is 0. The third-order valence-corrected chi connectivity index (χ3v) is 2.16. The van der Waals surface area contributed by atoms with Crippen LogP contribution < -0.4 is 5.73 Å². The van der Waals surface area contributed by atoms with Gasteiger partial charge in [0, 0.05) is 19.6 Å². The van der Waals surface area contributed by atoms with Crippen molar-refractivity contribution in [1.82, 2.24) is 4.90 Å². The Morgan fingerprint density at radius 2 is 1.92 bits per heavy atom. The van der Waals surface area contributed by atoms with Crippen LogP contribution in [0.4, 0.5) is 0 Å². The van der Waals surface area contributed by atoms with Crippen molar-refractivity contribution in [2.75, 3.05) is 13.6 Å². The second-order valence-electron chi connectivity index (χ2n) is 3.92. The van der Waals surface area contributed by atoms with Crippen molar-refractivity contribution in [3.63, 3.8) is 0 Å². The first kappa shape index (κ1) is 12.3. The lowest BCUT2D eigenvalue weighted by atomic mass is 10.0. The summed E-state index contributed by atoms with van der Waals surface area (Å²) in [5.74, 6) is 1.35. The summed E-state index contributed by atoms with van der Waals surface area (Å²) in [7, 11) is 2.00. The van der Waals surface area contributed by atoms with Crippen LogP contribution in [0, 0.1) is 5.92 Å². The molecule has 2 N–H and O–H groups in total. The molecule has 0 spiro atoms. The highest BCUT2D eigenvalue weighted by Gasteiger charge is 2.12. The van der Waals surface area contributed by atoms with Crippen LogP contribution in [0.2, 0.25) is 0 Å². The monoisotopic (exact) mass is 185 g/mol. The normalized spacial score (nSPS) is 14.8. The Morgan fingerprint density at radius 3 is 2.31 bits per heavy atom. The van der Waals surface area contributed by atoms with Crippen LogP contribution in [-0.2, 0) is 0 Å². The number of hydrogen-bond acceptors (Lipinski definition) is 1. The minimum absolute atomic E-state index is 0.468. The Morgan fingerprint density at radius 1 is 1.38 bits per heavy atom. The van der Waals surface area contributed by atoms with Crippen molar-refractivity contribution in [2.45, 2.75) is 40.2 Å². The number of aliphatic imine (C=N–C) groups is 1. The predicted octanol–water partition coefficient (Wildman–Crippen LogP) is 1.69. The van der Waals surface area contributed by atoms with Crippen LogP contribution in [0.1, 0.15) is 34.1 Å². The van der Waals surface area contributed by atoms with E-state index in [1.54, 1.807) is 0 Å². The largest absolute Gasteiger partial charge is 0.370 e. The zero-order chi connectivity index (χ0) is 10.4. The van der Waals surface area contributed by atoms with Crippen LogP contribution in [0.5, 0.6) is 0 Å². The summed E-state index contributed by atoms with van der Waals surface area (Å²) in [4.78, 5) is 6.22. The first-order valence-corrected chi connectivity index (χ1v) is 5.01. The lowest BCUT2D eigenvalue weighted by Gasteiger charge is -2.27. The molecule has 0 rings (SSSR count). The Bertz CT molecular complexity index is 164. The molecule has 0 fully saturated rings. The van der Waals surface area contributed by atoms with Gasteiger partial charge in [-0.25, -0.2) is 0 Å². The molecule has 0 saturated heterocycles. The molecule has 0 aliphatic rings. The van der Waals surface area contributed by atoms with Gasteiger partial charge in [-0.05, 0) is 26.2 Å². The van der Waals surface area contributed by atoms with Crippen molar-refractivity contribution in [1.29, 1.82) is 0 Å². The van der Waals surface area contributed by atoms with Crippen molar-refractivity contribution < 1.29 is 0 Å². The minimum atomic E-state index is 0.468. The van der Waals surface area contributed by atoms with Gasteiger partial charge in [-0.15, -0.1) is 0 Å². The number of nitrogens with two attached hydrogens (primary N) is 1. The molecular weight excluding hydrogens is 162 g/mol. The van der Waals surface area contributed by atoms with Crippen LogP contribution in [0.3, 0.4) is 0 Å². The molecule has 13 heavy (non-hydrogen) atoms. The topological polar surface area (TPSA) is 41.6 Å². The van der Waals surface area contributed by atoms with Crippen LogP contribution in [0.15, 0.2) is 4.99 Å². The molecule has 0 radical (unpaired) electrons. The Kier molecular flexibility index (Phi) is 5.51. The summed E-state index contributed by atoms with van der Waals surface area (Å²) in [5.41, 5.74) is 5.78. The molecule has 0 heterocycles. The zero-order valence-electron chi connectivity index (χ0n) is 9.54. The van der Waals surface area contributed by atoms with E-state index < -0.39 is 0 Å². The van der Waals surface area contributed by atoms with Crippen molar-refractivity contribution in [3.05, 3.63) is 0 Å². The van der Waals surface area contributed by atoms with E-state index in [2.05, 4.69) is 25.8 Å². The fourth-order valence-electron chi connectivity index (χ4n) is 1.34. The molecule has 78 valence electrons. The highest BCUT2D eigenvalue weighted by atomic mass is 15.2. The van der Waals surface area contributed by atoms with Gasteiger partial charge in [-0.2, -0.15) is 0 Å². The molecule has 0 bridgehead atoms. The molecule has 0 aromatic heterocycles. The van der Waals surface area contributed by atoms with Gasteiger partial charge in [0.15, 0.2) is 5.96 Å². The lowest BCUT2D eigenvalue weighted by Crippen LogP contribution is -2.41. The van der Waals surface area contributed by atoms with Crippen molar-refractivity contribution in [3.8, 4) is 0 Å². The maximum atomic E-state index is 5.78. The van der Waals surface area contributed by atoms with Crippen molar-refractivity contribution in [2.24, 2.45) is 16.6 Å². The van der Waals surface area contributed by atoms with E-state index in [-0.39, 0.29) is 0 Å². The molecule has 3 nitrogen and oxygen atoms in total.